The minimum Gasteiger partial charge on any atom is -0.356 e. The van der Waals surface area contributed by atoms with E-state index < -0.39 is 11.8 Å². The van der Waals surface area contributed by atoms with Crippen molar-refractivity contribution in [3.63, 3.8) is 0 Å². The number of hydrogen-bond acceptors (Lipinski definition) is 9. The van der Waals surface area contributed by atoms with Crippen molar-refractivity contribution in [1.29, 1.82) is 0 Å². The second kappa shape index (κ2) is 18.1. The van der Waals surface area contributed by atoms with Crippen LogP contribution in [-0.4, -0.2) is 95.4 Å². The van der Waals surface area contributed by atoms with E-state index in [4.69, 9.17) is 0 Å². The molecular weight excluding hydrogens is 586 g/mol. The summed E-state index contributed by atoms with van der Waals surface area (Å²) in [7, 11) is 0. The molecule has 14 heteroatoms. The van der Waals surface area contributed by atoms with E-state index in [9.17, 15) is 43.2 Å². The number of hydrogen-bond donors (Lipinski definition) is 3. The zero-order chi connectivity index (χ0) is 33.7. The maximum atomic E-state index is 12.3. The maximum Gasteiger partial charge on any atom is 0.233 e. The lowest BCUT2D eigenvalue weighted by Crippen LogP contribution is -2.39. The van der Waals surface area contributed by atoms with Crippen LogP contribution >= 0.6 is 0 Å². The molecule has 0 aromatic heterocycles. The second-order valence-electron chi connectivity index (χ2n) is 12.3. The number of carbonyl (C=O) groups excluding carboxylic acids is 9. The van der Waals surface area contributed by atoms with Crippen LogP contribution in [0.5, 0.6) is 0 Å². The standard InChI is InChI=1S/C31H47N5O9/c1-19(2)23-16-28(42)35(30(23)44)14-5-6-21(37)7-9-26(40)34-18-22(38)8-10-25(39)32-12-11-27(41)33-13-15-36-29(43)17-24(20(3)4)31(36)45/h19-20,23-24H,5-18H2,1-4H3,(H,32,39)(H,33,41)(H,34,40). The van der Waals surface area contributed by atoms with Crippen LogP contribution in [0.4, 0.5) is 0 Å². The highest BCUT2D eigenvalue weighted by Gasteiger charge is 2.40. The Morgan fingerprint density at radius 3 is 1.60 bits per heavy atom. The Hall–Kier alpha value is -3.97. The summed E-state index contributed by atoms with van der Waals surface area (Å²) in [6, 6.07) is 0. The third-order valence-corrected chi connectivity index (χ3v) is 8.08. The van der Waals surface area contributed by atoms with Gasteiger partial charge in [0, 0.05) is 89.4 Å². The molecule has 2 atom stereocenters. The Balaban J connectivity index is 1.50. The summed E-state index contributed by atoms with van der Waals surface area (Å²) in [5.74, 6) is -3.22. The average Bonchev–Trinajstić information content (AvgIpc) is 3.43. The topological polar surface area (TPSA) is 196 Å². The normalized spacial score (nSPS) is 18.3. The second-order valence-corrected chi connectivity index (χ2v) is 12.3. The summed E-state index contributed by atoms with van der Waals surface area (Å²) >= 11 is 0. The molecule has 2 aliphatic rings. The third-order valence-electron chi connectivity index (χ3n) is 8.08. The first-order valence-electron chi connectivity index (χ1n) is 15.7. The number of likely N-dealkylation sites (tertiary alicyclic amines) is 2. The van der Waals surface area contributed by atoms with E-state index in [1.165, 1.54) is 9.80 Å². The van der Waals surface area contributed by atoms with E-state index in [-0.39, 0.29) is 149 Å². The van der Waals surface area contributed by atoms with Crippen molar-refractivity contribution in [3.05, 3.63) is 0 Å². The predicted molar refractivity (Wildman–Crippen MR) is 161 cm³/mol. The van der Waals surface area contributed by atoms with Gasteiger partial charge < -0.3 is 16.0 Å². The van der Waals surface area contributed by atoms with Crippen LogP contribution in [0.2, 0.25) is 0 Å². The number of amides is 7. The molecule has 0 aromatic rings. The summed E-state index contributed by atoms with van der Waals surface area (Å²) in [5, 5.41) is 7.59. The van der Waals surface area contributed by atoms with Crippen molar-refractivity contribution in [2.24, 2.45) is 23.7 Å². The van der Waals surface area contributed by atoms with Crippen LogP contribution in [0.15, 0.2) is 0 Å². The zero-order valence-corrected chi connectivity index (χ0v) is 26.8. The minimum atomic E-state index is -0.477. The van der Waals surface area contributed by atoms with Crippen LogP contribution < -0.4 is 16.0 Å². The average molecular weight is 634 g/mol. The molecule has 14 nitrogen and oxygen atoms in total. The lowest BCUT2D eigenvalue weighted by atomic mass is 9.94. The Labute approximate surface area is 263 Å². The Kier molecular flexibility index (Phi) is 15.0. The molecule has 0 aliphatic carbocycles. The van der Waals surface area contributed by atoms with Gasteiger partial charge in [-0.3, -0.25) is 53.0 Å². The van der Waals surface area contributed by atoms with Crippen LogP contribution in [-0.2, 0) is 43.2 Å². The van der Waals surface area contributed by atoms with E-state index in [0.29, 0.717) is 6.42 Å². The van der Waals surface area contributed by atoms with Gasteiger partial charge in [0.1, 0.15) is 5.78 Å². The molecule has 7 amide bonds. The highest BCUT2D eigenvalue weighted by Crippen LogP contribution is 2.27. The summed E-state index contributed by atoms with van der Waals surface area (Å²) in [6.45, 7) is 7.71. The Morgan fingerprint density at radius 1 is 0.600 bits per heavy atom. The lowest BCUT2D eigenvalue weighted by Gasteiger charge is -2.16. The fraction of sp³-hybridized carbons (Fsp3) is 0.710. The molecule has 2 fully saturated rings. The zero-order valence-electron chi connectivity index (χ0n) is 26.8. The van der Waals surface area contributed by atoms with Crippen LogP contribution in [0.25, 0.3) is 0 Å². The van der Waals surface area contributed by atoms with Crippen molar-refractivity contribution in [2.75, 3.05) is 32.7 Å². The molecular formula is C31H47N5O9. The Morgan fingerprint density at radius 2 is 1.07 bits per heavy atom. The molecule has 0 spiro atoms. The first-order valence-corrected chi connectivity index (χ1v) is 15.7. The van der Waals surface area contributed by atoms with E-state index >= 15 is 0 Å². The summed E-state index contributed by atoms with van der Waals surface area (Å²) in [6.07, 6.45) is 0.459. The van der Waals surface area contributed by atoms with Gasteiger partial charge in [-0.15, -0.1) is 0 Å². The number of rotatable bonds is 20. The van der Waals surface area contributed by atoms with Crippen molar-refractivity contribution in [3.8, 4) is 0 Å². The molecule has 45 heavy (non-hydrogen) atoms. The molecule has 3 N–H and O–H groups in total. The van der Waals surface area contributed by atoms with Crippen LogP contribution in [0.1, 0.15) is 85.5 Å². The van der Waals surface area contributed by atoms with Gasteiger partial charge in [0.05, 0.1) is 6.54 Å². The molecule has 0 bridgehead atoms. The van der Waals surface area contributed by atoms with E-state index in [1.54, 1.807) is 0 Å². The van der Waals surface area contributed by atoms with E-state index in [0.717, 1.165) is 0 Å². The van der Waals surface area contributed by atoms with Crippen LogP contribution in [0, 0.1) is 23.7 Å². The van der Waals surface area contributed by atoms with Gasteiger partial charge >= 0.3 is 0 Å². The summed E-state index contributed by atoms with van der Waals surface area (Å²) in [5.41, 5.74) is 0. The number of ketones is 2. The quantitative estimate of drug-likeness (QED) is 0.158. The van der Waals surface area contributed by atoms with Gasteiger partial charge in [-0.1, -0.05) is 27.7 Å². The highest BCUT2D eigenvalue weighted by molar-refractivity contribution is 6.04. The molecule has 2 heterocycles. The maximum absolute atomic E-state index is 12.3. The number of Topliss-reactive ketones (excluding diaryl/α,β-unsaturated/α-hetero) is 2. The van der Waals surface area contributed by atoms with Gasteiger partial charge in [-0.25, -0.2) is 0 Å². The fourth-order valence-electron chi connectivity index (χ4n) is 5.17. The molecule has 2 unspecified atom stereocenters. The van der Waals surface area contributed by atoms with Crippen molar-refractivity contribution in [2.45, 2.75) is 85.5 Å². The number of nitrogens with zero attached hydrogens (tertiary/aromatic N) is 2. The first kappa shape index (κ1) is 37.2. The van der Waals surface area contributed by atoms with Crippen molar-refractivity contribution < 1.29 is 43.2 Å². The summed E-state index contributed by atoms with van der Waals surface area (Å²) < 4.78 is 0. The van der Waals surface area contributed by atoms with Crippen LogP contribution in [0.3, 0.4) is 0 Å². The monoisotopic (exact) mass is 633 g/mol. The first-order chi connectivity index (χ1) is 21.2. The molecule has 0 aromatic carbocycles. The fourth-order valence-corrected chi connectivity index (χ4v) is 5.17. The van der Waals surface area contributed by atoms with Crippen molar-refractivity contribution >= 4 is 52.9 Å². The highest BCUT2D eigenvalue weighted by atomic mass is 16.2. The SMILES string of the molecule is CC(C)C1CC(=O)N(CCCC(=O)CCC(=O)NCC(=O)CCC(=O)NCCC(=O)NCCN2C(=O)CC(C(C)C)C2=O)C1=O. The minimum absolute atomic E-state index is 0.0158. The van der Waals surface area contributed by atoms with Gasteiger partial charge in [0.15, 0.2) is 5.78 Å². The molecule has 0 saturated carbocycles. The lowest BCUT2D eigenvalue weighted by molar-refractivity contribution is -0.141. The molecule has 2 rings (SSSR count). The number of nitrogens with one attached hydrogen (secondary N) is 3. The Bertz CT molecular complexity index is 1170. The van der Waals surface area contributed by atoms with Gasteiger partial charge in [-0.2, -0.15) is 0 Å². The molecule has 0 radical (unpaired) electrons. The molecule has 250 valence electrons. The van der Waals surface area contributed by atoms with E-state index in [2.05, 4.69) is 16.0 Å². The predicted octanol–water partition coefficient (Wildman–Crippen LogP) is 0.266. The van der Waals surface area contributed by atoms with E-state index in [1.807, 2.05) is 27.7 Å². The summed E-state index contributed by atoms with van der Waals surface area (Å²) in [4.78, 5) is 111. The van der Waals surface area contributed by atoms with Gasteiger partial charge in [0.2, 0.25) is 41.4 Å². The third kappa shape index (κ3) is 12.1. The smallest absolute Gasteiger partial charge is 0.233 e. The van der Waals surface area contributed by atoms with Gasteiger partial charge in [-0.05, 0) is 18.3 Å². The number of carbonyl (C=O) groups is 9. The molecule has 2 saturated heterocycles. The van der Waals surface area contributed by atoms with Gasteiger partial charge in [0.25, 0.3) is 0 Å². The number of imide groups is 2. The largest absolute Gasteiger partial charge is 0.356 e. The molecule has 2 aliphatic heterocycles. The van der Waals surface area contributed by atoms with Crippen molar-refractivity contribution in [1.82, 2.24) is 25.8 Å².